The summed E-state index contributed by atoms with van der Waals surface area (Å²) >= 11 is 1.51. The van der Waals surface area contributed by atoms with Crippen LogP contribution in [-0.2, 0) is 12.8 Å². The van der Waals surface area contributed by atoms with Crippen molar-refractivity contribution in [3.63, 3.8) is 0 Å². The van der Waals surface area contributed by atoms with Crippen LogP contribution < -0.4 is 5.32 Å². The molecule has 0 saturated carbocycles. The number of hydrogen-bond acceptors (Lipinski definition) is 4. The fourth-order valence-corrected chi connectivity index (χ4v) is 2.97. The normalized spacial score (nSPS) is 13.4. The lowest BCUT2D eigenvalue weighted by Crippen LogP contribution is -2.12. The number of nitrogens with zero attached hydrogens (tertiary/aromatic N) is 2. The van der Waals surface area contributed by atoms with Crippen molar-refractivity contribution >= 4 is 22.4 Å². The fraction of sp³-hybridized carbons (Fsp3) is 0.250. The number of thiazole rings is 1. The van der Waals surface area contributed by atoms with E-state index in [1.807, 2.05) is 0 Å². The van der Waals surface area contributed by atoms with Crippen molar-refractivity contribution < 1.29 is 9.18 Å². The number of fused-ring (bicyclic) bond motifs is 1. The van der Waals surface area contributed by atoms with E-state index in [1.165, 1.54) is 28.5 Å². The van der Waals surface area contributed by atoms with Crippen molar-refractivity contribution in [2.45, 2.75) is 19.3 Å². The molecule has 1 amide bonds. The molecule has 2 aromatic rings. The standard InChI is InChI=1S/C12H10FN3OS/c13-10-5-4-7(6-14-10)11(17)16-12-15-8-2-1-3-9(8)18-12/h4-6H,1-3H2,(H,15,16,17). The molecule has 18 heavy (non-hydrogen) atoms. The van der Waals surface area contributed by atoms with Crippen molar-refractivity contribution in [2.24, 2.45) is 0 Å². The van der Waals surface area contributed by atoms with Crippen molar-refractivity contribution in [1.82, 2.24) is 9.97 Å². The molecule has 0 spiro atoms. The van der Waals surface area contributed by atoms with E-state index in [4.69, 9.17) is 0 Å². The van der Waals surface area contributed by atoms with E-state index in [9.17, 15) is 9.18 Å². The maximum absolute atomic E-state index is 12.6. The zero-order valence-electron chi connectivity index (χ0n) is 9.44. The summed E-state index contributed by atoms with van der Waals surface area (Å²) in [5.74, 6) is -0.908. The zero-order valence-corrected chi connectivity index (χ0v) is 10.3. The Morgan fingerprint density at radius 2 is 2.28 bits per heavy atom. The Hall–Kier alpha value is -1.82. The number of aryl methyl sites for hydroxylation is 2. The molecule has 1 N–H and O–H groups in total. The first-order valence-electron chi connectivity index (χ1n) is 5.64. The minimum atomic E-state index is -0.597. The van der Waals surface area contributed by atoms with Gasteiger partial charge in [0.15, 0.2) is 5.13 Å². The van der Waals surface area contributed by atoms with Crippen LogP contribution in [0.2, 0.25) is 0 Å². The highest BCUT2D eigenvalue weighted by molar-refractivity contribution is 7.15. The van der Waals surface area contributed by atoms with E-state index in [-0.39, 0.29) is 5.91 Å². The van der Waals surface area contributed by atoms with E-state index >= 15 is 0 Å². The number of rotatable bonds is 2. The van der Waals surface area contributed by atoms with Crippen LogP contribution in [0.25, 0.3) is 0 Å². The van der Waals surface area contributed by atoms with E-state index < -0.39 is 5.95 Å². The SMILES string of the molecule is O=C(Nc1nc2c(s1)CCC2)c1ccc(F)nc1. The number of hydrogen-bond donors (Lipinski definition) is 1. The average Bonchev–Trinajstić information content (AvgIpc) is 2.90. The molecule has 0 unspecified atom stereocenters. The van der Waals surface area contributed by atoms with E-state index in [0.717, 1.165) is 31.0 Å². The molecule has 6 heteroatoms. The second-order valence-corrected chi connectivity index (χ2v) is 5.15. The molecule has 2 aromatic heterocycles. The number of halogens is 1. The predicted molar refractivity (Wildman–Crippen MR) is 66.3 cm³/mol. The Morgan fingerprint density at radius 1 is 1.39 bits per heavy atom. The maximum atomic E-state index is 12.6. The van der Waals surface area contributed by atoms with Gasteiger partial charge in [0, 0.05) is 11.1 Å². The van der Waals surface area contributed by atoms with Crippen LogP contribution >= 0.6 is 11.3 Å². The van der Waals surface area contributed by atoms with Gasteiger partial charge in [0.05, 0.1) is 11.3 Å². The van der Waals surface area contributed by atoms with Crippen LogP contribution in [-0.4, -0.2) is 15.9 Å². The highest BCUT2D eigenvalue weighted by atomic mass is 32.1. The van der Waals surface area contributed by atoms with Crippen LogP contribution in [0.1, 0.15) is 27.3 Å². The largest absolute Gasteiger partial charge is 0.298 e. The second-order valence-electron chi connectivity index (χ2n) is 4.07. The van der Waals surface area contributed by atoms with Gasteiger partial charge in [-0.3, -0.25) is 10.1 Å². The van der Waals surface area contributed by atoms with Gasteiger partial charge in [0.2, 0.25) is 5.95 Å². The minimum absolute atomic E-state index is 0.310. The van der Waals surface area contributed by atoms with E-state index in [0.29, 0.717) is 10.7 Å². The van der Waals surface area contributed by atoms with Crippen molar-refractivity contribution in [3.8, 4) is 0 Å². The summed E-state index contributed by atoms with van der Waals surface area (Å²) in [7, 11) is 0. The third-order valence-corrected chi connectivity index (χ3v) is 3.88. The van der Waals surface area contributed by atoms with Gasteiger partial charge in [-0.25, -0.2) is 9.97 Å². The molecular weight excluding hydrogens is 253 g/mol. The molecule has 4 nitrogen and oxygen atoms in total. The monoisotopic (exact) mass is 263 g/mol. The number of carbonyl (C=O) groups excluding carboxylic acids is 1. The lowest BCUT2D eigenvalue weighted by Gasteiger charge is -2.00. The smallest absolute Gasteiger partial charge is 0.259 e. The quantitative estimate of drug-likeness (QED) is 0.846. The molecule has 1 aliphatic rings. The van der Waals surface area contributed by atoms with Crippen LogP contribution in [0.15, 0.2) is 18.3 Å². The minimum Gasteiger partial charge on any atom is -0.298 e. The Kier molecular flexibility index (Phi) is 2.79. The number of nitrogens with one attached hydrogen (secondary N) is 1. The molecule has 3 rings (SSSR count). The van der Waals surface area contributed by atoms with E-state index in [1.54, 1.807) is 0 Å². The zero-order chi connectivity index (χ0) is 12.5. The lowest BCUT2D eigenvalue weighted by atomic mass is 10.3. The first-order valence-corrected chi connectivity index (χ1v) is 6.45. The summed E-state index contributed by atoms with van der Waals surface area (Å²) in [5, 5.41) is 3.32. The summed E-state index contributed by atoms with van der Waals surface area (Å²) in [5.41, 5.74) is 1.42. The van der Waals surface area contributed by atoms with Gasteiger partial charge < -0.3 is 0 Å². The Morgan fingerprint density at radius 3 is 3.00 bits per heavy atom. The van der Waals surface area contributed by atoms with Gasteiger partial charge in [-0.2, -0.15) is 4.39 Å². The first kappa shape index (κ1) is 11.3. The summed E-state index contributed by atoms with van der Waals surface area (Å²) < 4.78 is 12.6. The van der Waals surface area contributed by atoms with Crippen molar-refractivity contribution in [2.75, 3.05) is 5.32 Å². The molecule has 2 heterocycles. The van der Waals surface area contributed by atoms with Crippen molar-refractivity contribution in [3.05, 3.63) is 40.4 Å². The maximum Gasteiger partial charge on any atom is 0.259 e. The average molecular weight is 263 g/mol. The number of aromatic nitrogens is 2. The number of anilines is 1. The van der Waals surface area contributed by atoms with Crippen LogP contribution in [0.3, 0.4) is 0 Å². The summed E-state index contributed by atoms with van der Waals surface area (Å²) in [6, 6.07) is 2.57. The van der Waals surface area contributed by atoms with Gasteiger partial charge >= 0.3 is 0 Å². The molecule has 0 aromatic carbocycles. The first-order chi connectivity index (χ1) is 8.72. The Bertz CT molecular complexity index is 572. The third-order valence-electron chi connectivity index (χ3n) is 2.81. The molecule has 0 bridgehead atoms. The van der Waals surface area contributed by atoms with Gasteiger partial charge in [-0.1, -0.05) is 0 Å². The summed E-state index contributed by atoms with van der Waals surface area (Å²) in [4.78, 5) is 20.9. The molecule has 0 radical (unpaired) electrons. The number of pyridine rings is 1. The third kappa shape index (κ3) is 2.11. The second kappa shape index (κ2) is 4.45. The molecule has 0 aliphatic heterocycles. The highest BCUT2D eigenvalue weighted by Crippen LogP contribution is 2.30. The van der Waals surface area contributed by atoms with Gasteiger partial charge in [0.1, 0.15) is 0 Å². The Labute approximate surface area is 107 Å². The number of amides is 1. The van der Waals surface area contributed by atoms with Crippen molar-refractivity contribution in [1.29, 1.82) is 0 Å². The van der Waals surface area contributed by atoms with Crippen LogP contribution in [0.5, 0.6) is 0 Å². The fourth-order valence-electron chi connectivity index (χ4n) is 1.92. The predicted octanol–water partition coefficient (Wildman–Crippen LogP) is 2.42. The van der Waals surface area contributed by atoms with Gasteiger partial charge in [0.25, 0.3) is 5.91 Å². The summed E-state index contributed by atoms with van der Waals surface area (Å²) in [6.07, 6.45) is 4.39. The molecular formula is C12H10FN3OS. The van der Waals surface area contributed by atoms with Gasteiger partial charge in [-0.15, -0.1) is 11.3 Å². The van der Waals surface area contributed by atoms with Crippen LogP contribution in [0.4, 0.5) is 9.52 Å². The lowest BCUT2D eigenvalue weighted by molar-refractivity contribution is 0.102. The van der Waals surface area contributed by atoms with Crippen LogP contribution in [0, 0.1) is 5.95 Å². The molecule has 0 fully saturated rings. The molecule has 0 atom stereocenters. The molecule has 0 saturated heterocycles. The Balaban J connectivity index is 1.75. The highest BCUT2D eigenvalue weighted by Gasteiger charge is 2.18. The van der Waals surface area contributed by atoms with Gasteiger partial charge in [-0.05, 0) is 31.4 Å². The number of carbonyl (C=O) groups is 1. The topological polar surface area (TPSA) is 54.9 Å². The molecule has 92 valence electrons. The molecule has 1 aliphatic carbocycles. The van der Waals surface area contributed by atoms with E-state index in [2.05, 4.69) is 15.3 Å². The summed E-state index contributed by atoms with van der Waals surface area (Å²) in [6.45, 7) is 0.